The zero-order chi connectivity index (χ0) is 8.10. The molecule has 1 aromatic rings. The van der Waals surface area contributed by atoms with E-state index in [1.807, 2.05) is 6.07 Å². The highest BCUT2D eigenvalue weighted by Gasteiger charge is 1.88. The lowest BCUT2D eigenvalue weighted by Crippen LogP contribution is -1.84. The fourth-order valence-electron chi connectivity index (χ4n) is 0.538. The number of hydrogen-bond acceptors (Lipinski definition) is 3. The van der Waals surface area contributed by atoms with Crippen LogP contribution >= 0.6 is 11.6 Å². The highest BCUT2D eigenvalue weighted by atomic mass is 35.5. The summed E-state index contributed by atoms with van der Waals surface area (Å²) in [5.74, 6) is 0. The number of nitriles is 1. The monoisotopic (exact) mass is 165 g/mol. The van der Waals surface area contributed by atoms with Crippen LogP contribution < -0.4 is 0 Å². The number of allylic oxidation sites excluding steroid dienone is 1. The third-order valence-corrected chi connectivity index (χ3v) is 1.18. The van der Waals surface area contributed by atoms with E-state index in [1.54, 1.807) is 18.2 Å². The van der Waals surface area contributed by atoms with Gasteiger partial charge in [0.2, 0.25) is 0 Å². The summed E-state index contributed by atoms with van der Waals surface area (Å²) in [6.45, 7) is 0. The predicted molar refractivity (Wildman–Crippen MR) is 41.7 cm³/mol. The molecule has 4 heteroatoms. The van der Waals surface area contributed by atoms with Crippen LogP contribution in [0.15, 0.2) is 18.2 Å². The highest BCUT2D eigenvalue weighted by molar-refractivity contribution is 6.29. The van der Waals surface area contributed by atoms with Gasteiger partial charge in [-0.05, 0) is 18.2 Å². The Morgan fingerprint density at radius 3 is 2.82 bits per heavy atom. The molecule has 0 saturated heterocycles. The molecule has 0 bridgehead atoms. The number of rotatable bonds is 1. The van der Waals surface area contributed by atoms with Crippen molar-refractivity contribution in [3.8, 4) is 6.07 Å². The zero-order valence-electron chi connectivity index (χ0n) is 5.53. The standard InChI is InChI=1S/C7H4ClN3/c8-7-4-3-6(10-11-7)2-1-5-9/h1-4H. The van der Waals surface area contributed by atoms with E-state index in [0.717, 1.165) is 0 Å². The summed E-state index contributed by atoms with van der Waals surface area (Å²) in [5, 5.41) is 15.8. The van der Waals surface area contributed by atoms with Gasteiger partial charge in [0.25, 0.3) is 0 Å². The minimum atomic E-state index is 0.346. The van der Waals surface area contributed by atoms with Gasteiger partial charge in [0.1, 0.15) is 0 Å². The lowest BCUT2D eigenvalue weighted by Gasteiger charge is -1.88. The van der Waals surface area contributed by atoms with Crippen molar-refractivity contribution in [1.29, 1.82) is 5.26 Å². The molecule has 1 heterocycles. The SMILES string of the molecule is N#CC=Cc1ccc(Cl)nn1. The maximum absolute atomic E-state index is 8.17. The molecule has 0 aromatic carbocycles. The van der Waals surface area contributed by atoms with E-state index in [9.17, 15) is 0 Å². The molecule has 3 nitrogen and oxygen atoms in total. The maximum Gasteiger partial charge on any atom is 0.151 e. The molecule has 1 aromatic heterocycles. The average molecular weight is 166 g/mol. The summed E-state index contributed by atoms with van der Waals surface area (Å²) in [7, 11) is 0. The Labute approximate surface area is 68.9 Å². The molecule has 0 amide bonds. The quantitative estimate of drug-likeness (QED) is 0.595. The summed E-state index contributed by atoms with van der Waals surface area (Å²) in [6, 6.07) is 5.15. The molecule has 0 aliphatic carbocycles. The predicted octanol–water partition coefficient (Wildman–Crippen LogP) is 1.67. The van der Waals surface area contributed by atoms with Gasteiger partial charge in [0.05, 0.1) is 11.8 Å². The van der Waals surface area contributed by atoms with Crippen LogP contribution in [0.5, 0.6) is 0 Å². The van der Waals surface area contributed by atoms with E-state index in [2.05, 4.69) is 10.2 Å². The van der Waals surface area contributed by atoms with E-state index in [-0.39, 0.29) is 0 Å². The van der Waals surface area contributed by atoms with Crippen molar-refractivity contribution in [1.82, 2.24) is 10.2 Å². The number of halogens is 1. The van der Waals surface area contributed by atoms with Crippen molar-refractivity contribution in [2.45, 2.75) is 0 Å². The largest absolute Gasteiger partial charge is 0.193 e. The molecule has 0 fully saturated rings. The topological polar surface area (TPSA) is 49.6 Å². The Kier molecular flexibility index (Phi) is 2.59. The maximum atomic E-state index is 8.17. The number of nitrogens with zero attached hydrogens (tertiary/aromatic N) is 3. The van der Waals surface area contributed by atoms with Crippen LogP contribution in [0.25, 0.3) is 6.08 Å². The number of hydrogen-bond donors (Lipinski definition) is 0. The van der Waals surface area contributed by atoms with Crippen LogP contribution in [-0.2, 0) is 0 Å². The molecule has 1 rings (SSSR count). The minimum absolute atomic E-state index is 0.346. The Morgan fingerprint density at radius 2 is 2.27 bits per heavy atom. The minimum Gasteiger partial charge on any atom is -0.193 e. The molecule has 0 unspecified atom stereocenters. The van der Waals surface area contributed by atoms with Crippen molar-refractivity contribution < 1.29 is 0 Å². The molecule has 0 spiro atoms. The van der Waals surface area contributed by atoms with Gasteiger partial charge in [0.15, 0.2) is 5.15 Å². The van der Waals surface area contributed by atoms with Crippen molar-refractivity contribution in [3.05, 3.63) is 29.1 Å². The van der Waals surface area contributed by atoms with Crippen molar-refractivity contribution in [2.24, 2.45) is 0 Å². The highest BCUT2D eigenvalue weighted by Crippen LogP contribution is 2.02. The van der Waals surface area contributed by atoms with E-state index < -0.39 is 0 Å². The third-order valence-electron chi connectivity index (χ3n) is 0.981. The summed E-state index contributed by atoms with van der Waals surface area (Å²) in [5.41, 5.74) is 0.621. The van der Waals surface area contributed by atoms with Gasteiger partial charge in [0, 0.05) is 6.08 Å². The first kappa shape index (κ1) is 7.70. The Bertz CT molecular complexity index is 296. The van der Waals surface area contributed by atoms with Crippen LogP contribution in [0, 0.1) is 11.3 Å². The molecule has 54 valence electrons. The number of aromatic nitrogens is 2. The van der Waals surface area contributed by atoms with Gasteiger partial charge < -0.3 is 0 Å². The average Bonchev–Trinajstić information content (AvgIpc) is 2.04. The van der Waals surface area contributed by atoms with Crippen LogP contribution in [0.1, 0.15) is 5.69 Å². The van der Waals surface area contributed by atoms with Crippen molar-refractivity contribution in [2.75, 3.05) is 0 Å². The first-order chi connectivity index (χ1) is 5.33. The van der Waals surface area contributed by atoms with Crippen molar-refractivity contribution >= 4 is 17.7 Å². The molecule has 0 N–H and O–H groups in total. The smallest absolute Gasteiger partial charge is 0.151 e. The van der Waals surface area contributed by atoms with E-state index in [0.29, 0.717) is 10.8 Å². The Morgan fingerprint density at radius 1 is 1.45 bits per heavy atom. The molecular formula is C7H4ClN3. The zero-order valence-corrected chi connectivity index (χ0v) is 6.28. The first-order valence-corrected chi connectivity index (χ1v) is 3.26. The molecular weight excluding hydrogens is 162 g/mol. The lowest BCUT2D eigenvalue weighted by atomic mass is 10.3. The van der Waals surface area contributed by atoms with Gasteiger partial charge in [-0.1, -0.05) is 11.6 Å². The fourth-order valence-corrected chi connectivity index (χ4v) is 0.639. The van der Waals surface area contributed by atoms with E-state index in [1.165, 1.54) is 6.08 Å². The van der Waals surface area contributed by atoms with E-state index >= 15 is 0 Å². The Balaban J connectivity index is 2.84. The molecule has 0 aliphatic rings. The van der Waals surface area contributed by atoms with Gasteiger partial charge in [-0.2, -0.15) is 5.26 Å². The second-order valence-electron chi connectivity index (χ2n) is 1.74. The molecule has 0 saturated carbocycles. The van der Waals surface area contributed by atoms with Gasteiger partial charge in [-0.15, -0.1) is 10.2 Å². The third kappa shape index (κ3) is 2.36. The summed E-state index contributed by atoms with van der Waals surface area (Å²) in [4.78, 5) is 0. The fraction of sp³-hybridized carbons (Fsp3) is 0. The van der Waals surface area contributed by atoms with Crippen molar-refractivity contribution in [3.63, 3.8) is 0 Å². The molecule has 11 heavy (non-hydrogen) atoms. The molecule has 0 radical (unpaired) electrons. The Hall–Kier alpha value is -1.40. The van der Waals surface area contributed by atoms with Gasteiger partial charge in [-0.3, -0.25) is 0 Å². The first-order valence-electron chi connectivity index (χ1n) is 2.88. The van der Waals surface area contributed by atoms with Crippen LogP contribution in [0.3, 0.4) is 0 Å². The van der Waals surface area contributed by atoms with Gasteiger partial charge in [-0.25, -0.2) is 0 Å². The van der Waals surface area contributed by atoms with Crippen LogP contribution in [0.2, 0.25) is 5.15 Å². The van der Waals surface area contributed by atoms with E-state index in [4.69, 9.17) is 16.9 Å². The van der Waals surface area contributed by atoms with Crippen LogP contribution in [0.4, 0.5) is 0 Å². The second-order valence-corrected chi connectivity index (χ2v) is 2.13. The van der Waals surface area contributed by atoms with Crippen LogP contribution in [-0.4, -0.2) is 10.2 Å². The van der Waals surface area contributed by atoms with Gasteiger partial charge >= 0.3 is 0 Å². The molecule has 0 aliphatic heterocycles. The molecule has 0 atom stereocenters. The lowest BCUT2D eigenvalue weighted by molar-refractivity contribution is 1.02. The second kappa shape index (κ2) is 3.69. The normalized spacial score (nSPS) is 9.82. The summed E-state index contributed by atoms with van der Waals surface area (Å²) in [6.07, 6.45) is 2.89. The summed E-state index contributed by atoms with van der Waals surface area (Å²) >= 11 is 5.48. The summed E-state index contributed by atoms with van der Waals surface area (Å²) < 4.78 is 0.